The molecule has 5 heteroatoms. The monoisotopic (exact) mass is 515 g/mol. The maximum atomic E-state index is 12.2. The smallest absolute Gasteiger partial charge is 0.872 e. The second-order valence-electron chi connectivity index (χ2n) is 10.6. The molecule has 2 aromatic carbocycles. The number of nitrogens with two attached hydrogens (primary N) is 1. The Morgan fingerprint density at radius 1 is 0.818 bits per heavy atom. The molecule has 0 radical (unpaired) electrons. The van der Waals surface area contributed by atoms with E-state index in [4.69, 9.17) is 5.73 Å². The summed E-state index contributed by atoms with van der Waals surface area (Å²) < 4.78 is 0. The molecular weight excluding hydrogens is 473 g/mol. The van der Waals surface area contributed by atoms with Gasteiger partial charge in [0.25, 0.3) is 0 Å². The third kappa shape index (κ3) is 10.8. The molecule has 1 atom stereocenters. The Balaban J connectivity index is 0.000000875. The van der Waals surface area contributed by atoms with Crippen molar-refractivity contribution in [1.29, 1.82) is 0 Å². The summed E-state index contributed by atoms with van der Waals surface area (Å²) in [7, 11) is 0. The number of unbranched alkanes of at least 4 members (excludes halogenated alkanes) is 1. The summed E-state index contributed by atoms with van der Waals surface area (Å²) in [5.74, 6) is 0.706. The normalized spacial score (nSPS) is 12.4. The zero-order valence-electron chi connectivity index (χ0n) is 21.7. The van der Waals surface area contributed by atoms with E-state index in [2.05, 4.69) is 55.4 Å². The van der Waals surface area contributed by atoms with Crippen LogP contribution in [0.4, 0.5) is 0 Å². The third-order valence-electron chi connectivity index (χ3n) is 5.72. The van der Waals surface area contributed by atoms with Gasteiger partial charge in [-0.2, -0.15) is 0 Å². The van der Waals surface area contributed by atoms with E-state index in [0.29, 0.717) is 9.79 Å². The molecule has 0 fully saturated rings. The van der Waals surface area contributed by atoms with Gasteiger partial charge in [-0.25, -0.2) is 0 Å². The summed E-state index contributed by atoms with van der Waals surface area (Å²) >= 11 is 1.28. The Hall–Kier alpha value is -1.16. The Labute approximate surface area is 216 Å². The molecule has 0 bridgehead atoms. The summed E-state index contributed by atoms with van der Waals surface area (Å²) in [4.78, 5) is 1.22. The summed E-state index contributed by atoms with van der Waals surface area (Å²) in [5, 5.41) is 24.3. The minimum Gasteiger partial charge on any atom is -0.872 e. The van der Waals surface area contributed by atoms with Crippen LogP contribution in [0.5, 0.6) is 11.5 Å². The van der Waals surface area contributed by atoms with Gasteiger partial charge < -0.3 is 15.9 Å². The van der Waals surface area contributed by atoms with Crippen LogP contribution in [0.15, 0.2) is 46.2 Å². The van der Waals surface area contributed by atoms with E-state index in [1.165, 1.54) is 37.4 Å². The first-order valence-electron chi connectivity index (χ1n) is 11.8. The molecule has 0 heterocycles. The van der Waals surface area contributed by atoms with Gasteiger partial charge in [0.2, 0.25) is 0 Å². The Bertz CT molecular complexity index is 775. The molecule has 0 aliphatic carbocycles. The largest absolute Gasteiger partial charge is 2.00 e. The van der Waals surface area contributed by atoms with Crippen molar-refractivity contribution in [2.24, 2.45) is 11.7 Å². The van der Waals surface area contributed by atoms with Crippen LogP contribution in [0.2, 0.25) is 0 Å². The number of hydrogen-bond acceptors (Lipinski definition) is 4. The van der Waals surface area contributed by atoms with E-state index in [1.54, 1.807) is 12.1 Å². The van der Waals surface area contributed by atoms with Crippen LogP contribution in [0.25, 0.3) is 0 Å². The molecule has 2 N–H and O–H groups in total. The molecule has 0 saturated heterocycles. The van der Waals surface area contributed by atoms with Crippen molar-refractivity contribution in [2.75, 3.05) is 6.54 Å². The molecule has 0 aliphatic rings. The van der Waals surface area contributed by atoms with Gasteiger partial charge in [0.1, 0.15) is 0 Å². The number of hydrogen-bond donors (Lipinski definition) is 1. The van der Waals surface area contributed by atoms with E-state index in [-0.39, 0.29) is 38.8 Å². The zero-order valence-corrected chi connectivity index (χ0v) is 23.5. The first kappa shape index (κ1) is 31.8. The molecule has 0 aliphatic heterocycles. The molecule has 188 valence electrons. The molecule has 1 unspecified atom stereocenters. The van der Waals surface area contributed by atoms with Crippen LogP contribution < -0.4 is 15.9 Å². The minimum absolute atomic E-state index is 0. The summed E-state index contributed by atoms with van der Waals surface area (Å²) in [6, 6.07) is 10.8. The SMILES string of the molecule is CC(C)(C)c1ccc([O-])c(Sc2cc(C(C)(C)C)ccc2[O-])c1.CCCCC(CC)CN.[Ni+2]. The second-order valence-corrected chi connectivity index (χ2v) is 11.7. The molecule has 33 heavy (non-hydrogen) atoms. The number of rotatable bonds is 7. The van der Waals surface area contributed by atoms with Crippen molar-refractivity contribution in [3.05, 3.63) is 47.5 Å². The van der Waals surface area contributed by atoms with Crippen molar-refractivity contribution in [2.45, 2.75) is 102 Å². The Morgan fingerprint density at radius 2 is 1.24 bits per heavy atom. The molecule has 3 nitrogen and oxygen atoms in total. The van der Waals surface area contributed by atoms with Gasteiger partial charge in [-0.05, 0) is 53.0 Å². The second kappa shape index (κ2) is 14.3. The van der Waals surface area contributed by atoms with E-state index >= 15 is 0 Å². The maximum Gasteiger partial charge on any atom is 2.00 e. The van der Waals surface area contributed by atoms with Crippen LogP contribution in [0.1, 0.15) is 92.2 Å². The molecule has 0 aromatic heterocycles. The topological polar surface area (TPSA) is 72.1 Å². The molecule has 0 saturated carbocycles. The van der Waals surface area contributed by atoms with E-state index in [1.807, 2.05) is 24.3 Å². The maximum absolute atomic E-state index is 12.2. The summed E-state index contributed by atoms with van der Waals surface area (Å²) in [6.45, 7) is 18.0. The van der Waals surface area contributed by atoms with Gasteiger partial charge in [-0.1, -0.05) is 122 Å². The van der Waals surface area contributed by atoms with Crippen LogP contribution in [-0.4, -0.2) is 6.54 Å². The fourth-order valence-electron chi connectivity index (χ4n) is 3.21. The van der Waals surface area contributed by atoms with Crippen molar-refractivity contribution < 1.29 is 26.7 Å². The standard InChI is InChI=1S/C20H26O2S.C8H19N.Ni/c1-19(2,3)13-7-9-15(21)17(11-13)23-18-12-14(20(4,5)6)8-10-16(18)22;1-3-5-6-8(4-2)7-9;/h7-12,21-22H,1-6H3;8H,3-7,9H2,1-2H3;/q;;+2/p-2. The average molecular weight is 516 g/mol. The first-order chi connectivity index (χ1) is 14.8. The van der Waals surface area contributed by atoms with Crippen molar-refractivity contribution in [3.63, 3.8) is 0 Å². The average Bonchev–Trinajstić information content (AvgIpc) is 2.71. The Kier molecular flexibility index (Phi) is 13.8. The number of benzene rings is 2. The predicted octanol–water partition coefficient (Wildman–Crippen LogP) is 6.74. The van der Waals surface area contributed by atoms with Crippen LogP contribution in [-0.2, 0) is 27.3 Å². The fourth-order valence-corrected chi connectivity index (χ4v) is 4.15. The first-order valence-corrected chi connectivity index (χ1v) is 12.7. The van der Waals surface area contributed by atoms with Crippen LogP contribution in [0.3, 0.4) is 0 Å². The van der Waals surface area contributed by atoms with Gasteiger partial charge in [0, 0.05) is 9.79 Å². The van der Waals surface area contributed by atoms with Gasteiger partial charge >= 0.3 is 16.5 Å². The third-order valence-corrected chi connectivity index (χ3v) is 6.79. The fraction of sp³-hybridized carbons (Fsp3) is 0.571. The predicted molar refractivity (Wildman–Crippen MR) is 136 cm³/mol. The van der Waals surface area contributed by atoms with Gasteiger partial charge in [-0.3, -0.25) is 0 Å². The van der Waals surface area contributed by atoms with Crippen LogP contribution >= 0.6 is 11.8 Å². The van der Waals surface area contributed by atoms with Crippen molar-refractivity contribution >= 4 is 11.8 Å². The summed E-state index contributed by atoms with van der Waals surface area (Å²) in [6.07, 6.45) is 5.21. The van der Waals surface area contributed by atoms with Crippen molar-refractivity contribution in [3.8, 4) is 11.5 Å². The van der Waals surface area contributed by atoms with Gasteiger partial charge in [0.15, 0.2) is 0 Å². The quantitative estimate of drug-likeness (QED) is 0.414. The molecule has 0 amide bonds. The van der Waals surface area contributed by atoms with Crippen molar-refractivity contribution in [1.82, 2.24) is 0 Å². The minimum atomic E-state index is -0.0384. The van der Waals surface area contributed by atoms with E-state index in [0.717, 1.165) is 23.6 Å². The molecule has 2 aromatic rings. The van der Waals surface area contributed by atoms with E-state index < -0.39 is 0 Å². The summed E-state index contributed by atoms with van der Waals surface area (Å²) in [5.41, 5.74) is 7.65. The molecule has 0 spiro atoms. The molecule has 2 rings (SSSR count). The van der Waals surface area contributed by atoms with E-state index in [9.17, 15) is 10.2 Å². The van der Waals surface area contributed by atoms with Crippen LogP contribution in [0, 0.1) is 5.92 Å². The Morgan fingerprint density at radius 3 is 1.55 bits per heavy atom. The van der Waals surface area contributed by atoms with Gasteiger partial charge in [0.05, 0.1) is 0 Å². The van der Waals surface area contributed by atoms with Gasteiger partial charge in [-0.15, -0.1) is 0 Å². The zero-order chi connectivity index (χ0) is 24.5. The molecular formula is C28H43NNiO2S.